The number of nitrogens with zero attached hydrogens (tertiary/aromatic N) is 1. The van der Waals surface area contributed by atoms with Gasteiger partial charge in [0.1, 0.15) is 0 Å². The first-order valence-corrected chi connectivity index (χ1v) is 7.29. The van der Waals surface area contributed by atoms with E-state index in [-0.39, 0.29) is 11.9 Å². The van der Waals surface area contributed by atoms with E-state index in [1.54, 1.807) is 18.4 Å². The van der Waals surface area contributed by atoms with Crippen LogP contribution in [-0.2, 0) is 11.3 Å². The van der Waals surface area contributed by atoms with Crippen molar-refractivity contribution < 1.29 is 4.79 Å². The molecule has 1 saturated heterocycles. The number of carbonyl (C=O) groups excluding carboxylic acids is 1. The lowest BCUT2D eigenvalue weighted by Gasteiger charge is -2.22. The van der Waals surface area contributed by atoms with Gasteiger partial charge in [0.2, 0.25) is 5.91 Å². The second-order valence-corrected chi connectivity index (χ2v) is 5.68. The number of thiophene rings is 1. The van der Waals surface area contributed by atoms with Crippen LogP contribution in [0.4, 0.5) is 0 Å². The number of likely N-dealkylation sites (tertiary alicyclic amines) is 1. The Kier molecular flexibility index (Phi) is 4.97. The number of carbonyl (C=O) groups is 1. The van der Waals surface area contributed by atoms with E-state index in [4.69, 9.17) is 5.73 Å². The zero-order chi connectivity index (χ0) is 13.7. The molecule has 1 fully saturated rings. The van der Waals surface area contributed by atoms with Gasteiger partial charge >= 0.3 is 0 Å². The summed E-state index contributed by atoms with van der Waals surface area (Å²) in [6.45, 7) is 2.20. The summed E-state index contributed by atoms with van der Waals surface area (Å²) < 4.78 is 0. The molecule has 0 radical (unpaired) electrons. The average Bonchev–Trinajstić information content (AvgIpc) is 3.05. The van der Waals surface area contributed by atoms with Gasteiger partial charge in [-0.3, -0.25) is 9.69 Å². The molecule has 4 nitrogen and oxygen atoms in total. The number of hydrogen-bond acceptors (Lipinski definition) is 4. The highest BCUT2D eigenvalue weighted by Gasteiger charge is 2.29. The molecule has 3 N–H and O–H groups in total. The molecule has 2 rings (SSSR count). The fourth-order valence-electron chi connectivity index (χ4n) is 2.35. The van der Waals surface area contributed by atoms with Gasteiger partial charge in [0.25, 0.3) is 0 Å². The van der Waals surface area contributed by atoms with Crippen molar-refractivity contribution in [1.29, 1.82) is 0 Å². The van der Waals surface area contributed by atoms with Gasteiger partial charge in [0.05, 0.1) is 17.5 Å². The van der Waals surface area contributed by atoms with Gasteiger partial charge in [0, 0.05) is 18.5 Å². The van der Waals surface area contributed by atoms with Gasteiger partial charge in [-0.05, 0) is 31.5 Å². The summed E-state index contributed by atoms with van der Waals surface area (Å²) in [5.41, 5.74) is 5.36. The summed E-state index contributed by atoms with van der Waals surface area (Å²) in [5.74, 6) is 6.02. The Hall–Kier alpha value is -1.35. The first kappa shape index (κ1) is 14.1. The van der Waals surface area contributed by atoms with Crippen LogP contribution in [0.3, 0.4) is 0 Å². The quantitative estimate of drug-likeness (QED) is 0.802. The van der Waals surface area contributed by atoms with Crippen molar-refractivity contribution >= 4 is 17.2 Å². The van der Waals surface area contributed by atoms with Gasteiger partial charge in [-0.2, -0.15) is 0 Å². The molecule has 1 aromatic rings. The molecule has 1 amide bonds. The molecule has 0 bridgehead atoms. The molecule has 0 aromatic carbocycles. The molecule has 0 aliphatic carbocycles. The maximum absolute atomic E-state index is 11.8. The maximum atomic E-state index is 11.8. The second kappa shape index (κ2) is 6.71. The predicted molar refractivity (Wildman–Crippen MR) is 77.8 cm³/mol. The minimum Gasteiger partial charge on any atom is -0.358 e. The summed E-state index contributed by atoms with van der Waals surface area (Å²) in [5, 5.41) is 2.74. The highest BCUT2D eigenvalue weighted by atomic mass is 32.1. The minimum absolute atomic E-state index is 0.0191. The van der Waals surface area contributed by atoms with Crippen molar-refractivity contribution in [2.24, 2.45) is 5.73 Å². The third-order valence-corrected chi connectivity index (χ3v) is 4.23. The second-order valence-electron chi connectivity index (χ2n) is 4.51. The standard InChI is InChI=1S/C14H19N3OS/c1-16-14(18)13-5-3-9-17(13)10-12-7-6-11(19-12)4-2-8-15/h6-7,13H,3,5,8-10,15H2,1H3,(H,16,18). The summed E-state index contributed by atoms with van der Waals surface area (Å²) in [7, 11) is 1.70. The van der Waals surface area contributed by atoms with Crippen LogP contribution in [-0.4, -0.2) is 37.0 Å². The molecule has 2 heterocycles. The molecule has 0 saturated carbocycles. The minimum atomic E-state index is 0.0191. The van der Waals surface area contributed by atoms with E-state index in [9.17, 15) is 4.79 Å². The predicted octanol–water partition coefficient (Wildman–Crippen LogP) is 0.769. The lowest BCUT2D eigenvalue weighted by atomic mass is 10.2. The van der Waals surface area contributed by atoms with Crippen molar-refractivity contribution in [3.05, 3.63) is 21.9 Å². The third-order valence-electron chi connectivity index (χ3n) is 3.25. The number of nitrogens with one attached hydrogen (secondary N) is 1. The van der Waals surface area contributed by atoms with E-state index >= 15 is 0 Å². The Morgan fingerprint density at radius 3 is 3.21 bits per heavy atom. The monoisotopic (exact) mass is 277 g/mol. The number of rotatable bonds is 3. The van der Waals surface area contributed by atoms with Crippen molar-refractivity contribution in [3.8, 4) is 11.8 Å². The summed E-state index contributed by atoms with van der Waals surface area (Å²) in [6.07, 6.45) is 2.04. The molecule has 19 heavy (non-hydrogen) atoms. The molecule has 5 heteroatoms. The lowest BCUT2D eigenvalue weighted by Crippen LogP contribution is -2.41. The molecule has 1 aromatic heterocycles. The number of nitrogens with two attached hydrogens (primary N) is 1. The molecule has 0 spiro atoms. The molecule has 1 aliphatic rings. The van der Waals surface area contributed by atoms with Crippen LogP contribution < -0.4 is 11.1 Å². The van der Waals surface area contributed by atoms with Crippen LogP contribution in [0.5, 0.6) is 0 Å². The topological polar surface area (TPSA) is 58.4 Å². The fourth-order valence-corrected chi connectivity index (χ4v) is 3.26. The van der Waals surface area contributed by atoms with E-state index in [2.05, 4.69) is 28.1 Å². The number of amides is 1. The third kappa shape index (κ3) is 3.57. The normalized spacial score (nSPS) is 18.9. The van der Waals surface area contributed by atoms with Gasteiger partial charge in [-0.1, -0.05) is 11.8 Å². The van der Waals surface area contributed by atoms with Crippen LogP contribution in [0, 0.1) is 11.8 Å². The van der Waals surface area contributed by atoms with Crippen LogP contribution in [0.2, 0.25) is 0 Å². The van der Waals surface area contributed by atoms with Crippen LogP contribution >= 0.6 is 11.3 Å². The van der Waals surface area contributed by atoms with E-state index in [0.717, 1.165) is 30.8 Å². The fraction of sp³-hybridized carbons (Fsp3) is 0.500. The Bertz CT molecular complexity index is 500. The summed E-state index contributed by atoms with van der Waals surface area (Å²) in [4.78, 5) is 16.3. The molecule has 1 aliphatic heterocycles. The van der Waals surface area contributed by atoms with Gasteiger partial charge in [0.15, 0.2) is 0 Å². The Balaban J connectivity index is 2.00. The van der Waals surface area contributed by atoms with E-state index in [1.807, 2.05) is 6.07 Å². The Labute approximate surface area is 118 Å². The molecule has 1 atom stereocenters. The van der Waals surface area contributed by atoms with Crippen molar-refractivity contribution in [3.63, 3.8) is 0 Å². The number of hydrogen-bond donors (Lipinski definition) is 2. The molecular formula is C14H19N3OS. The van der Waals surface area contributed by atoms with Crippen LogP contribution in [0.15, 0.2) is 12.1 Å². The zero-order valence-electron chi connectivity index (χ0n) is 11.1. The smallest absolute Gasteiger partial charge is 0.237 e. The zero-order valence-corrected chi connectivity index (χ0v) is 11.9. The maximum Gasteiger partial charge on any atom is 0.237 e. The van der Waals surface area contributed by atoms with Crippen molar-refractivity contribution in [1.82, 2.24) is 10.2 Å². The van der Waals surface area contributed by atoms with E-state index < -0.39 is 0 Å². The molecule has 102 valence electrons. The highest BCUT2D eigenvalue weighted by Crippen LogP contribution is 2.23. The first-order valence-electron chi connectivity index (χ1n) is 6.48. The summed E-state index contributed by atoms with van der Waals surface area (Å²) >= 11 is 1.68. The lowest BCUT2D eigenvalue weighted by molar-refractivity contribution is -0.125. The molecular weight excluding hydrogens is 258 g/mol. The Morgan fingerprint density at radius 2 is 2.47 bits per heavy atom. The number of likely N-dealkylation sites (N-methyl/N-ethyl adjacent to an activating group) is 1. The molecule has 1 unspecified atom stereocenters. The van der Waals surface area contributed by atoms with Gasteiger partial charge in [-0.25, -0.2) is 0 Å². The summed E-state index contributed by atoms with van der Waals surface area (Å²) in [6, 6.07) is 4.13. The first-order chi connectivity index (χ1) is 9.24. The van der Waals surface area contributed by atoms with Crippen LogP contribution in [0.25, 0.3) is 0 Å². The van der Waals surface area contributed by atoms with Crippen molar-refractivity contribution in [2.75, 3.05) is 20.1 Å². The largest absolute Gasteiger partial charge is 0.358 e. The highest BCUT2D eigenvalue weighted by molar-refractivity contribution is 7.12. The van der Waals surface area contributed by atoms with Crippen molar-refractivity contribution in [2.45, 2.75) is 25.4 Å². The average molecular weight is 277 g/mol. The SMILES string of the molecule is CNC(=O)C1CCCN1Cc1ccc(C#CCN)s1. The Morgan fingerprint density at radius 1 is 1.63 bits per heavy atom. The van der Waals surface area contributed by atoms with E-state index in [1.165, 1.54) is 4.88 Å². The van der Waals surface area contributed by atoms with E-state index in [0.29, 0.717) is 6.54 Å². The van der Waals surface area contributed by atoms with Crippen LogP contribution in [0.1, 0.15) is 22.6 Å². The van der Waals surface area contributed by atoms with Gasteiger partial charge in [-0.15, -0.1) is 11.3 Å². The van der Waals surface area contributed by atoms with Gasteiger partial charge < -0.3 is 11.1 Å².